The van der Waals surface area contributed by atoms with Gasteiger partial charge in [-0.3, -0.25) is 0 Å². The lowest BCUT2D eigenvalue weighted by Crippen LogP contribution is -1.92. The maximum Gasteiger partial charge on any atom is 0.175 e. The molecule has 70 valence electrons. The second kappa shape index (κ2) is 3.68. The van der Waals surface area contributed by atoms with Gasteiger partial charge in [0.25, 0.3) is 0 Å². The summed E-state index contributed by atoms with van der Waals surface area (Å²) in [4.78, 5) is 0. The van der Waals surface area contributed by atoms with Crippen molar-refractivity contribution in [3.63, 3.8) is 0 Å². The minimum Gasteiger partial charge on any atom is -0.410 e. The minimum atomic E-state index is 0.113. The number of hydrogen-bond donors (Lipinski definition) is 1. The van der Waals surface area contributed by atoms with Gasteiger partial charge < -0.3 is 5.21 Å². The van der Waals surface area contributed by atoms with Crippen molar-refractivity contribution in [1.82, 2.24) is 0 Å². The maximum absolute atomic E-state index is 8.60. The van der Waals surface area contributed by atoms with Crippen molar-refractivity contribution >= 4 is 27.5 Å². The van der Waals surface area contributed by atoms with Crippen molar-refractivity contribution in [3.8, 4) is 0 Å². The number of halogens is 1. The molecule has 0 aromatic heterocycles. The van der Waals surface area contributed by atoms with E-state index in [2.05, 4.69) is 5.16 Å². The van der Waals surface area contributed by atoms with Crippen LogP contribution in [0.3, 0.4) is 0 Å². The summed E-state index contributed by atoms with van der Waals surface area (Å²) in [7, 11) is 0. The van der Waals surface area contributed by atoms with Crippen LogP contribution in [-0.2, 0) is 0 Å². The smallest absolute Gasteiger partial charge is 0.175 e. The van der Waals surface area contributed by atoms with E-state index in [9.17, 15) is 0 Å². The van der Waals surface area contributed by atoms with Crippen molar-refractivity contribution in [2.45, 2.75) is 0 Å². The summed E-state index contributed by atoms with van der Waals surface area (Å²) in [5, 5.41) is 13.8. The van der Waals surface area contributed by atoms with Crippen molar-refractivity contribution in [2.75, 3.05) is 0 Å². The normalized spacial score (nSPS) is 11.9. The highest BCUT2D eigenvalue weighted by molar-refractivity contribution is 6.70. The van der Waals surface area contributed by atoms with Gasteiger partial charge in [-0.2, -0.15) is 0 Å². The lowest BCUT2D eigenvalue weighted by Gasteiger charge is -2.02. The maximum atomic E-state index is 8.60. The van der Waals surface area contributed by atoms with Crippen LogP contribution < -0.4 is 0 Å². The van der Waals surface area contributed by atoms with Gasteiger partial charge in [-0.1, -0.05) is 59.2 Å². The third kappa shape index (κ3) is 1.44. The van der Waals surface area contributed by atoms with E-state index in [0.717, 1.165) is 16.3 Å². The van der Waals surface area contributed by atoms with Crippen LogP contribution in [0.25, 0.3) is 10.8 Å². The second-order valence-electron chi connectivity index (χ2n) is 2.92. The number of rotatable bonds is 1. The largest absolute Gasteiger partial charge is 0.410 e. The molecule has 0 amide bonds. The fraction of sp³-hybridized carbons (Fsp3) is 0. The Kier molecular flexibility index (Phi) is 2.37. The molecule has 0 saturated heterocycles. The second-order valence-corrected chi connectivity index (χ2v) is 3.28. The number of benzene rings is 2. The SMILES string of the molecule is O/N=C(\Cl)c1cccc2ccccc12. The fourth-order valence-corrected chi connectivity index (χ4v) is 1.62. The van der Waals surface area contributed by atoms with E-state index in [1.54, 1.807) is 0 Å². The van der Waals surface area contributed by atoms with E-state index >= 15 is 0 Å². The zero-order valence-corrected chi connectivity index (χ0v) is 8.07. The summed E-state index contributed by atoms with van der Waals surface area (Å²) in [5.74, 6) is 0. The Balaban J connectivity index is 2.77. The van der Waals surface area contributed by atoms with E-state index < -0.39 is 0 Å². The van der Waals surface area contributed by atoms with Gasteiger partial charge in [-0.25, -0.2) is 0 Å². The monoisotopic (exact) mass is 205 g/mol. The Morgan fingerprint density at radius 1 is 1.07 bits per heavy atom. The highest BCUT2D eigenvalue weighted by Gasteiger charge is 2.04. The lowest BCUT2D eigenvalue weighted by atomic mass is 10.1. The highest BCUT2D eigenvalue weighted by atomic mass is 35.5. The molecule has 0 bridgehead atoms. The molecule has 0 aliphatic carbocycles. The first-order valence-electron chi connectivity index (χ1n) is 4.18. The molecular formula is C11H8ClNO. The van der Waals surface area contributed by atoms with Crippen LogP contribution in [0.5, 0.6) is 0 Å². The van der Waals surface area contributed by atoms with Crippen molar-refractivity contribution in [2.24, 2.45) is 5.16 Å². The fourth-order valence-electron chi connectivity index (χ4n) is 1.46. The van der Waals surface area contributed by atoms with Crippen LogP contribution in [0, 0.1) is 0 Å². The van der Waals surface area contributed by atoms with E-state index in [1.807, 2.05) is 42.5 Å². The average Bonchev–Trinajstić information content (AvgIpc) is 2.27. The molecule has 0 aliphatic heterocycles. The molecule has 0 unspecified atom stereocenters. The molecule has 1 N–H and O–H groups in total. The van der Waals surface area contributed by atoms with Crippen LogP contribution in [0.1, 0.15) is 5.56 Å². The molecular weight excluding hydrogens is 198 g/mol. The molecule has 0 fully saturated rings. The van der Waals surface area contributed by atoms with E-state index in [4.69, 9.17) is 16.8 Å². The quantitative estimate of drug-likeness (QED) is 0.433. The number of hydrogen-bond acceptors (Lipinski definition) is 2. The highest BCUT2D eigenvalue weighted by Crippen LogP contribution is 2.20. The standard InChI is InChI=1S/C11H8ClNO/c12-11(13-14)10-7-3-5-8-4-1-2-6-9(8)10/h1-7,14H/b13-11-. The van der Waals surface area contributed by atoms with Gasteiger partial charge in [0.15, 0.2) is 5.17 Å². The molecule has 2 rings (SSSR count). The van der Waals surface area contributed by atoms with Gasteiger partial charge in [-0.05, 0) is 10.8 Å². The summed E-state index contributed by atoms with van der Waals surface area (Å²) in [6.45, 7) is 0. The van der Waals surface area contributed by atoms with Gasteiger partial charge >= 0.3 is 0 Å². The Bertz CT molecular complexity index is 488. The summed E-state index contributed by atoms with van der Waals surface area (Å²) in [6, 6.07) is 13.5. The van der Waals surface area contributed by atoms with E-state index in [0.29, 0.717) is 0 Å². The number of fused-ring (bicyclic) bond motifs is 1. The summed E-state index contributed by atoms with van der Waals surface area (Å²) in [5.41, 5.74) is 0.743. The number of oxime groups is 1. The first kappa shape index (κ1) is 9.03. The molecule has 2 nitrogen and oxygen atoms in total. The number of nitrogens with zero attached hydrogens (tertiary/aromatic N) is 1. The zero-order valence-electron chi connectivity index (χ0n) is 7.31. The topological polar surface area (TPSA) is 32.6 Å². The van der Waals surface area contributed by atoms with Crippen molar-refractivity contribution < 1.29 is 5.21 Å². The van der Waals surface area contributed by atoms with Gasteiger partial charge in [0.05, 0.1) is 0 Å². The molecule has 2 aromatic carbocycles. The summed E-state index contributed by atoms with van der Waals surface area (Å²) in [6.07, 6.45) is 0. The van der Waals surface area contributed by atoms with Gasteiger partial charge in [0, 0.05) is 5.56 Å². The minimum absolute atomic E-state index is 0.113. The molecule has 0 atom stereocenters. The molecule has 0 saturated carbocycles. The molecule has 14 heavy (non-hydrogen) atoms. The molecule has 2 aromatic rings. The third-order valence-electron chi connectivity index (χ3n) is 2.10. The lowest BCUT2D eigenvalue weighted by molar-refractivity contribution is 0.321. The molecule has 0 spiro atoms. The third-order valence-corrected chi connectivity index (χ3v) is 2.38. The predicted octanol–water partition coefficient (Wildman–Crippen LogP) is 3.21. The average molecular weight is 206 g/mol. The molecule has 0 heterocycles. The summed E-state index contributed by atoms with van der Waals surface area (Å²) < 4.78 is 0. The Morgan fingerprint density at radius 2 is 1.79 bits per heavy atom. The first-order valence-corrected chi connectivity index (χ1v) is 4.56. The molecule has 0 radical (unpaired) electrons. The van der Waals surface area contributed by atoms with E-state index in [1.165, 1.54) is 0 Å². The Labute approximate surface area is 86.4 Å². The van der Waals surface area contributed by atoms with Crippen molar-refractivity contribution in [1.29, 1.82) is 0 Å². The Hall–Kier alpha value is -1.54. The first-order chi connectivity index (χ1) is 6.83. The zero-order chi connectivity index (χ0) is 9.97. The van der Waals surface area contributed by atoms with Crippen LogP contribution >= 0.6 is 11.6 Å². The van der Waals surface area contributed by atoms with E-state index in [-0.39, 0.29) is 5.17 Å². The predicted molar refractivity (Wildman–Crippen MR) is 58.1 cm³/mol. The summed E-state index contributed by atoms with van der Waals surface area (Å²) >= 11 is 5.77. The Morgan fingerprint density at radius 3 is 2.57 bits per heavy atom. The van der Waals surface area contributed by atoms with Gasteiger partial charge in [0.1, 0.15) is 0 Å². The van der Waals surface area contributed by atoms with Crippen LogP contribution in [0.4, 0.5) is 0 Å². The van der Waals surface area contributed by atoms with Gasteiger partial charge in [0.2, 0.25) is 0 Å². The van der Waals surface area contributed by atoms with Crippen molar-refractivity contribution in [3.05, 3.63) is 48.0 Å². The van der Waals surface area contributed by atoms with Gasteiger partial charge in [-0.15, -0.1) is 0 Å². The molecule has 3 heteroatoms. The van der Waals surface area contributed by atoms with Crippen LogP contribution in [0.2, 0.25) is 0 Å². The van der Waals surface area contributed by atoms with Crippen LogP contribution in [0.15, 0.2) is 47.6 Å². The molecule has 0 aliphatic rings. The van der Waals surface area contributed by atoms with Crippen LogP contribution in [-0.4, -0.2) is 10.4 Å².